The molecule has 2 aliphatic rings. The summed E-state index contributed by atoms with van der Waals surface area (Å²) in [5, 5.41) is 2.96. The Morgan fingerprint density at radius 1 is 1.16 bits per heavy atom. The van der Waals surface area contributed by atoms with E-state index in [2.05, 4.69) is 34.2 Å². The largest absolute Gasteiger partial charge is 0.494 e. The molecule has 0 saturated carbocycles. The van der Waals surface area contributed by atoms with E-state index in [1.165, 1.54) is 18.7 Å². The molecule has 0 aromatic heterocycles. The molecule has 1 N–H and O–H groups in total. The van der Waals surface area contributed by atoms with Gasteiger partial charge >= 0.3 is 0 Å². The molecule has 1 fully saturated rings. The highest BCUT2D eigenvalue weighted by Crippen LogP contribution is 2.27. The maximum Gasteiger partial charge on any atom is 0.237 e. The van der Waals surface area contributed by atoms with E-state index in [-0.39, 0.29) is 23.5 Å². The van der Waals surface area contributed by atoms with Crippen LogP contribution in [0.5, 0.6) is 11.5 Å². The minimum atomic E-state index is -0.350. The number of methoxy groups -OCH3 is 1. The van der Waals surface area contributed by atoms with Crippen LogP contribution in [-0.2, 0) is 24.4 Å². The number of hydrogen-bond donors (Lipinski definition) is 1. The first-order chi connectivity index (χ1) is 15.1. The summed E-state index contributed by atoms with van der Waals surface area (Å²) in [6.07, 6.45) is 0.800. The highest BCUT2D eigenvalue weighted by molar-refractivity contribution is 5.82. The second-order valence-corrected chi connectivity index (χ2v) is 8.16. The van der Waals surface area contributed by atoms with E-state index in [1.807, 2.05) is 6.07 Å². The topological polar surface area (TPSA) is 54.0 Å². The Labute approximate surface area is 182 Å². The predicted molar refractivity (Wildman–Crippen MR) is 117 cm³/mol. The fourth-order valence-electron chi connectivity index (χ4n) is 4.43. The van der Waals surface area contributed by atoms with Crippen LogP contribution in [-0.4, -0.2) is 55.1 Å². The Morgan fingerprint density at radius 3 is 2.77 bits per heavy atom. The van der Waals surface area contributed by atoms with E-state index in [0.29, 0.717) is 19.7 Å². The van der Waals surface area contributed by atoms with Crippen LogP contribution >= 0.6 is 0 Å². The minimum Gasteiger partial charge on any atom is -0.494 e. The molecule has 2 aromatic carbocycles. The van der Waals surface area contributed by atoms with Gasteiger partial charge in [0.05, 0.1) is 13.2 Å². The molecule has 2 heterocycles. The molecule has 1 amide bonds. The third-order valence-electron chi connectivity index (χ3n) is 6.02. The summed E-state index contributed by atoms with van der Waals surface area (Å²) >= 11 is 0. The summed E-state index contributed by atoms with van der Waals surface area (Å²) in [4.78, 5) is 16.7. The number of carbonyl (C=O) groups excluding carboxylic acids is 1. The van der Waals surface area contributed by atoms with Crippen molar-refractivity contribution in [1.82, 2.24) is 15.1 Å². The number of fused-ring (bicyclic) bond motifs is 1. The van der Waals surface area contributed by atoms with Crippen LogP contribution in [0, 0.1) is 5.82 Å². The summed E-state index contributed by atoms with van der Waals surface area (Å²) in [5.41, 5.74) is 3.32. The lowest BCUT2D eigenvalue weighted by Crippen LogP contribution is -2.54. The molecule has 2 aromatic rings. The van der Waals surface area contributed by atoms with E-state index >= 15 is 0 Å². The van der Waals surface area contributed by atoms with Crippen molar-refractivity contribution >= 4 is 5.91 Å². The van der Waals surface area contributed by atoms with Gasteiger partial charge in [0, 0.05) is 44.8 Å². The molecule has 0 radical (unpaired) electrons. The van der Waals surface area contributed by atoms with Gasteiger partial charge in [-0.25, -0.2) is 4.39 Å². The van der Waals surface area contributed by atoms with Gasteiger partial charge in [-0.2, -0.15) is 0 Å². The number of carbonyl (C=O) groups is 1. The molecule has 4 rings (SSSR count). The van der Waals surface area contributed by atoms with Gasteiger partial charge in [-0.05, 0) is 41.8 Å². The molecule has 2 aliphatic heterocycles. The Hall–Kier alpha value is -2.64. The third kappa shape index (κ3) is 4.99. The number of rotatable bonds is 6. The second-order valence-electron chi connectivity index (χ2n) is 8.16. The zero-order valence-electron chi connectivity index (χ0n) is 18.2. The van der Waals surface area contributed by atoms with E-state index in [4.69, 9.17) is 9.47 Å². The summed E-state index contributed by atoms with van der Waals surface area (Å²) in [5.74, 6) is 0.943. The molecular weight excluding hydrogens is 397 g/mol. The van der Waals surface area contributed by atoms with Crippen molar-refractivity contribution in [2.75, 3.05) is 33.4 Å². The van der Waals surface area contributed by atoms with Gasteiger partial charge in [0.2, 0.25) is 5.91 Å². The normalized spacial score (nSPS) is 19.8. The van der Waals surface area contributed by atoms with Crippen LogP contribution in [0.25, 0.3) is 0 Å². The first kappa shape index (κ1) is 21.6. The van der Waals surface area contributed by atoms with E-state index in [1.54, 1.807) is 12.1 Å². The summed E-state index contributed by atoms with van der Waals surface area (Å²) in [7, 11) is 1.48. The highest BCUT2D eigenvalue weighted by atomic mass is 19.1. The van der Waals surface area contributed by atoms with Crippen LogP contribution in [0.4, 0.5) is 4.39 Å². The molecular formula is C24H30FN3O3. The average Bonchev–Trinajstić information content (AvgIpc) is 2.96. The van der Waals surface area contributed by atoms with Gasteiger partial charge in [-0.15, -0.1) is 0 Å². The molecule has 7 heteroatoms. The molecule has 31 heavy (non-hydrogen) atoms. The Morgan fingerprint density at radius 2 is 1.97 bits per heavy atom. The standard InChI is InChI=1S/C24H30FN3O3/c1-3-21-24(29)26-8-9-28(21)15-17-5-7-22-19(12-17)16-27(10-11-31-22)14-18-4-6-20(25)23(13-18)30-2/h4-7,12-13,21H,3,8-11,14-16H2,1-2H3,(H,26,29). The molecule has 1 unspecified atom stereocenters. The highest BCUT2D eigenvalue weighted by Gasteiger charge is 2.28. The van der Waals surface area contributed by atoms with Gasteiger partial charge in [0.1, 0.15) is 12.4 Å². The molecule has 166 valence electrons. The number of halogens is 1. The lowest BCUT2D eigenvalue weighted by molar-refractivity contribution is -0.129. The monoisotopic (exact) mass is 427 g/mol. The van der Waals surface area contributed by atoms with Crippen LogP contribution in [0.15, 0.2) is 36.4 Å². The van der Waals surface area contributed by atoms with Crippen LogP contribution in [0.3, 0.4) is 0 Å². The zero-order chi connectivity index (χ0) is 21.8. The van der Waals surface area contributed by atoms with Crippen LogP contribution < -0.4 is 14.8 Å². The summed E-state index contributed by atoms with van der Waals surface area (Å²) in [6.45, 7) is 7.18. The quantitative estimate of drug-likeness (QED) is 0.768. The van der Waals surface area contributed by atoms with Crippen molar-refractivity contribution in [3.8, 4) is 11.5 Å². The molecule has 0 spiro atoms. The maximum atomic E-state index is 13.7. The smallest absolute Gasteiger partial charge is 0.237 e. The van der Waals surface area contributed by atoms with E-state index in [0.717, 1.165) is 49.5 Å². The number of ether oxygens (including phenoxy) is 2. The van der Waals surface area contributed by atoms with Crippen molar-refractivity contribution in [3.63, 3.8) is 0 Å². The van der Waals surface area contributed by atoms with Crippen molar-refractivity contribution in [2.24, 2.45) is 0 Å². The molecule has 6 nitrogen and oxygen atoms in total. The SMILES string of the molecule is CCC1C(=O)NCCN1Cc1ccc2c(c1)CN(Cc1ccc(F)c(OC)c1)CCO2. The van der Waals surface area contributed by atoms with Gasteiger partial charge < -0.3 is 14.8 Å². The predicted octanol–water partition coefficient (Wildman–Crippen LogP) is 2.94. The first-order valence-electron chi connectivity index (χ1n) is 10.9. The van der Waals surface area contributed by atoms with E-state index in [9.17, 15) is 9.18 Å². The van der Waals surface area contributed by atoms with Crippen molar-refractivity contribution in [1.29, 1.82) is 0 Å². The number of piperazine rings is 1. The fourth-order valence-corrected chi connectivity index (χ4v) is 4.43. The van der Waals surface area contributed by atoms with Gasteiger partial charge in [0.25, 0.3) is 0 Å². The number of hydrogen-bond acceptors (Lipinski definition) is 5. The van der Waals surface area contributed by atoms with Crippen molar-refractivity contribution in [3.05, 3.63) is 58.9 Å². The Balaban J connectivity index is 1.48. The van der Waals surface area contributed by atoms with E-state index < -0.39 is 0 Å². The Bertz CT molecular complexity index is 936. The number of nitrogens with one attached hydrogen (secondary N) is 1. The van der Waals surface area contributed by atoms with Crippen molar-refractivity contribution in [2.45, 2.75) is 39.0 Å². The average molecular weight is 428 g/mol. The molecule has 0 bridgehead atoms. The number of amides is 1. The summed E-state index contributed by atoms with van der Waals surface area (Å²) in [6, 6.07) is 11.3. The lowest BCUT2D eigenvalue weighted by Gasteiger charge is -2.34. The molecule has 0 aliphatic carbocycles. The lowest BCUT2D eigenvalue weighted by atomic mass is 10.1. The van der Waals surface area contributed by atoms with Gasteiger partial charge in [-0.3, -0.25) is 14.6 Å². The zero-order valence-corrected chi connectivity index (χ0v) is 18.2. The second kappa shape index (κ2) is 9.66. The number of nitrogens with zero attached hydrogens (tertiary/aromatic N) is 2. The molecule has 1 atom stereocenters. The molecule has 1 saturated heterocycles. The summed E-state index contributed by atoms with van der Waals surface area (Å²) < 4.78 is 24.8. The fraction of sp³-hybridized carbons (Fsp3) is 0.458. The maximum absolute atomic E-state index is 13.7. The van der Waals surface area contributed by atoms with Crippen LogP contribution in [0.1, 0.15) is 30.0 Å². The van der Waals surface area contributed by atoms with Crippen molar-refractivity contribution < 1.29 is 18.7 Å². The first-order valence-corrected chi connectivity index (χ1v) is 10.9. The van der Waals surface area contributed by atoms with Gasteiger partial charge in [-0.1, -0.05) is 19.1 Å². The minimum absolute atomic E-state index is 0.0752. The third-order valence-corrected chi connectivity index (χ3v) is 6.02. The number of benzene rings is 2. The van der Waals surface area contributed by atoms with Gasteiger partial charge in [0.15, 0.2) is 11.6 Å². The Kier molecular flexibility index (Phi) is 6.73. The van der Waals surface area contributed by atoms with Crippen LogP contribution in [0.2, 0.25) is 0 Å².